The van der Waals surface area contributed by atoms with Gasteiger partial charge in [-0.3, -0.25) is 0 Å². The van der Waals surface area contributed by atoms with Crippen molar-refractivity contribution in [1.29, 1.82) is 0 Å². The summed E-state index contributed by atoms with van der Waals surface area (Å²) in [7, 11) is 1.68. The van der Waals surface area contributed by atoms with Crippen molar-refractivity contribution in [3.05, 3.63) is 52.1 Å². The highest BCUT2D eigenvalue weighted by Gasteiger charge is 2.24. The number of anilines is 1. The van der Waals surface area contributed by atoms with Gasteiger partial charge in [-0.2, -0.15) is 0 Å². The van der Waals surface area contributed by atoms with Gasteiger partial charge in [-0.15, -0.1) is 0 Å². The largest absolute Gasteiger partial charge is 0.452 e. The highest BCUT2D eigenvalue weighted by Crippen LogP contribution is 2.24. The Hall–Kier alpha value is -2.06. The van der Waals surface area contributed by atoms with Gasteiger partial charge in [-0.25, -0.2) is 9.18 Å². The fourth-order valence-electron chi connectivity index (χ4n) is 3.35. The van der Waals surface area contributed by atoms with Gasteiger partial charge in [-0.05, 0) is 59.6 Å². The second kappa shape index (κ2) is 8.96. The van der Waals surface area contributed by atoms with Crippen LogP contribution in [-0.2, 0) is 17.8 Å². The van der Waals surface area contributed by atoms with Gasteiger partial charge in [0.15, 0.2) is 4.67 Å². The summed E-state index contributed by atoms with van der Waals surface area (Å²) in [5.74, 6) is 0.385. The van der Waals surface area contributed by atoms with Crippen LogP contribution in [0.4, 0.5) is 14.9 Å². The third kappa shape index (κ3) is 5.26. The number of amides is 2. The molecule has 0 spiro atoms. The molecule has 1 aromatic heterocycles. The Morgan fingerprint density at radius 3 is 2.61 bits per heavy atom. The van der Waals surface area contributed by atoms with Crippen molar-refractivity contribution in [3.63, 3.8) is 0 Å². The van der Waals surface area contributed by atoms with E-state index in [0.29, 0.717) is 41.3 Å². The molecule has 1 aliphatic rings. The SMILES string of the molecule is CC1CN(c2ccc(CNC(=O)N(C)Cc3ccc(Br)o3)cc2F)CC(C)O1. The Labute approximate surface area is 172 Å². The van der Waals surface area contributed by atoms with E-state index in [9.17, 15) is 9.18 Å². The van der Waals surface area contributed by atoms with Gasteiger partial charge in [0.25, 0.3) is 0 Å². The van der Waals surface area contributed by atoms with Crippen molar-refractivity contribution in [2.24, 2.45) is 0 Å². The van der Waals surface area contributed by atoms with Crippen molar-refractivity contribution in [2.45, 2.75) is 39.1 Å². The minimum Gasteiger partial charge on any atom is -0.452 e. The third-order valence-electron chi connectivity index (χ3n) is 4.58. The molecule has 1 aliphatic heterocycles. The number of halogens is 2. The molecule has 0 radical (unpaired) electrons. The fraction of sp³-hybridized carbons (Fsp3) is 0.450. The summed E-state index contributed by atoms with van der Waals surface area (Å²) in [5.41, 5.74) is 1.27. The van der Waals surface area contributed by atoms with Crippen molar-refractivity contribution in [3.8, 4) is 0 Å². The molecule has 0 aliphatic carbocycles. The monoisotopic (exact) mass is 453 g/mol. The minimum atomic E-state index is -0.290. The first-order valence-corrected chi connectivity index (χ1v) is 10.0. The van der Waals surface area contributed by atoms with Crippen LogP contribution in [0, 0.1) is 5.82 Å². The van der Waals surface area contributed by atoms with E-state index in [-0.39, 0.29) is 30.6 Å². The number of hydrogen-bond donors (Lipinski definition) is 1. The maximum atomic E-state index is 14.6. The number of urea groups is 1. The highest BCUT2D eigenvalue weighted by atomic mass is 79.9. The Kier molecular flexibility index (Phi) is 6.61. The summed E-state index contributed by atoms with van der Waals surface area (Å²) in [6, 6.07) is 8.41. The van der Waals surface area contributed by atoms with E-state index in [1.165, 1.54) is 11.0 Å². The van der Waals surface area contributed by atoms with Crippen molar-refractivity contribution in [1.82, 2.24) is 10.2 Å². The van der Waals surface area contributed by atoms with Gasteiger partial charge in [0.1, 0.15) is 11.6 Å². The highest BCUT2D eigenvalue weighted by molar-refractivity contribution is 9.10. The first kappa shape index (κ1) is 20.7. The van der Waals surface area contributed by atoms with Gasteiger partial charge in [0, 0.05) is 26.7 Å². The van der Waals surface area contributed by atoms with Crippen LogP contribution in [0.25, 0.3) is 0 Å². The summed E-state index contributed by atoms with van der Waals surface area (Å²) in [5, 5.41) is 2.80. The number of carbonyl (C=O) groups is 1. The van der Waals surface area contributed by atoms with Gasteiger partial charge < -0.3 is 24.3 Å². The quantitative estimate of drug-likeness (QED) is 0.738. The number of benzene rings is 1. The zero-order valence-electron chi connectivity index (χ0n) is 16.2. The van der Waals surface area contributed by atoms with Gasteiger partial charge in [0.05, 0.1) is 24.4 Å². The number of furan rings is 1. The maximum Gasteiger partial charge on any atom is 0.317 e. The Morgan fingerprint density at radius 2 is 2.00 bits per heavy atom. The average Bonchev–Trinajstić information content (AvgIpc) is 3.03. The molecule has 8 heteroatoms. The zero-order valence-corrected chi connectivity index (χ0v) is 17.8. The molecule has 2 heterocycles. The summed E-state index contributed by atoms with van der Waals surface area (Å²) >= 11 is 3.24. The summed E-state index contributed by atoms with van der Waals surface area (Å²) in [4.78, 5) is 15.8. The van der Waals surface area contributed by atoms with E-state index in [2.05, 4.69) is 21.2 Å². The van der Waals surface area contributed by atoms with Crippen LogP contribution in [0.3, 0.4) is 0 Å². The van der Waals surface area contributed by atoms with E-state index in [1.54, 1.807) is 25.2 Å². The molecule has 1 fully saturated rings. The molecule has 28 heavy (non-hydrogen) atoms. The molecule has 2 aromatic rings. The smallest absolute Gasteiger partial charge is 0.317 e. The zero-order chi connectivity index (χ0) is 20.3. The molecular weight excluding hydrogens is 429 g/mol. The van der Waals surface area contributed by atoms with Gasteiger partial charge in [-0.1, -0.05) is 6.07 Å². The second-order valence-corrected chi connectivity index (χ2v) is 7.95. The molecule has 6 nitrogen and oxygen atoms in total. The molecule has 2 amide bonds. The van der Waals surface area contributed by atoms with Crippen molar-refractivity contribution >= 4 is 27.6 Å². The lowest BCUT2D eigenvalue weighted by Gasteiger charge is -2.37. The van der Waals surface area contributed by atoms with Crippen LogP contribution in [0.1, 0.15) is 25.2 Å². The minimum absolute atomic E-state index is 0.0624. The number of carbonyl (C=O) groups excluding carboxylic acids is 1. The first-order valence-electron chi connectivity index (χ1n) is 9.24. The van der Waals surface area contributed by atoms with Crippen LogP contribution in [0.15, 0.2) is 39.4 Å². The number of morpholine rings is 1. The lowest BCUT2D eigenvalue weighted by atomic mass is 10.1. The average molecular weight is 454 g/mol. The number of ether oxygens (including phenoxy) is 1. The summed E-state index contributed by atoms with van der Waals surface area (Å²) in [6.45, 7) is 5.89. The molecule has 0 saturated carbocycles. The molecule has 2 unspecified atom stereocenters. The van der Waals surface area contributed by atoms with Gasteiger partial charge >= 0.3 is 6.03 Å². The van der Waals surface area contributed by atoms with Crippen LogP contribution >= 0.6 is 15.9 Å². The predicted octanol–water partition coefficient (Wildman–Crippen LogP) is 4.14. The predicted molar refractivity (Wildman–Crippen MR) is 109 cm³/mol. The molecule has 0 bridgehead atoms. The Bertz CT molecular complexity index is 819. The number of rotatable bonds is 5. The number of nitrogens with zero attached hydrogens (tertiary/aromatic N) is 2. The van der Waals surface area contributed by atoms with E-state index >= 15 is 0 Å². The van der Waals surface area contributed by atoms with E-state index < -0.39 is 0 Å². The molecule has 2 atom stereocenters. The fourth-order valence-corrected chi connectivity index (χ4v) is 3.69. The third-order valence-corrected chi connectivity index (χ3v) is 5.01. The standard InChI is InChI=1S/C20H25BrFN3O3/c1-13-10-25(11-14(2)27-13)18-6-4-15(8-17(18)22)9-23-20(26)24(3)12-16-5-7-19(21)28-16/h4-8,13-14H,9-12H2,1-3H3,(H,23,26). The van der Waals surface area contributed by atoms with Crippen LogP contribution in [-0.4, -0.2) is 43.3 Å². The maximum absolute atomic E-state index is 14.6. The van der Waals surface area contributed by atoms with Crippen molar-refractivity contribution in [2.75, 3.05) is 25.0 Å². The number of nitrogens with one attached hydrogen (secondary N) is 1. The summed E-state index contributed by atoms with van der Waals surface area (Å²) in [6.07, 6.45) is 0.125. The van der Waals surface area contributed by atoms with E-state index in [1.807, 2.05) is 24.8 Å². The second-order valence-electron chi connectivity index (χ2n) is 7.17. The molecule has 3 rings (SSSR count). The lowest BCUT2D eigenvalue weighted by Crippen LogP contribution is -2.45. The molecule has 1 aromatic carbocycles. The van der Waals surface area contributed by atoms with E-state index in [4.69, 9.17) is 9.15 Å². The Morgan fingerprint density at radius 1 is 1.29 bits per heavy atom. The molecule has 1 N–H and O–H groups in total. The van der Waals surface area contributed by atoms with E-state index in [0.717, 1.165) is 0 Å². The van der Waals surface area contributed by atoms with Crippen LogP contribution in [0.5, 0.6) is 0 Å². The topological polar surface area (TPSA) is 58.0 Å². The molecule has 152 valence electrons. The molecule has 1 saturated heterocycles. The number of hydrogen-bond acceptors (Lipinski definition) is 4. The summed E-state index contributed by atoms with van der Waals surface area (Å²) < 4.78 is 26.4. The van der Waals surface area contributed by atoms with Crippen molar-refractivity contribution < 1.29 is 18.3 Å². The van der Waals surface area contributed by atoms with Crippen LogP contribution < -0.4 is 10.2 Å². The normalized spacial score (nSPS) is 19.5. The first-order chi connectivity index (χ1) is 13.3. The van der Waals surface area contributed by atoms with Gasteiger partial charge in [0.2, 0.25) is 0 Å². The lowest BCUT2D eigenvalue weighted by molar-refractivity contribution is -0.00539. The molecular formula is C20H25BrFN3O3. The Balaban J connectivity index is 1.56. The van der Waals surface area contributed by atoms with Crippen LogP contribution in [0.2, 0.25) is 0 Å².